The van der Waals surface area contributed by atoms with Gasteiger partial charge in [0.25, 0.3) is 5.91 Å². The molecule has 4 rings (SSSR count). The van der Waals surface area contributed by atoms with Gasteiger partial charge in [0.05, 0.1) is 4.88 Å². The molecule has 1 amide bonds. The molecule has 4 heteroatoms. The van der Waals surface area contributed by atoms with Crippen molar-refractivity contribution >= 4 is 17.2 Å². The molecule has 1 unspecified atom stereocenters. The summed E-state index contributed by atoms with van der Waals surface area (Å²) in [7, 11) is 0. The van der Waals surface area contributed by atoms with Crippen LogP contribution in [0.1, 0.15) is 52.7 Å². The fraction of sp³-hybridized carbons (Fsp3) is 0.722. The van der Waals surface area contributed by atoms with Crippen LogP contribution in [0.3, 0.4) is 0 Å². The van der Waals surface area contributed by atoms with Crippen LogP contribution in [0.5, 0.6) is 0 Å². The van der Waals surface area contributed by atoms with Gasteiger partial charge in [-0.25, -0.2) is 0 Å². The third kappa shape index (κ3) is 2.61. The maximum Gasteiger partial charge on any atom is 0.263 e. The number of aryl methyl sites for hydroxylation is 1. The van der Waals surface area contributed by atoms with Gasteiger partial charge in [0.1, 0.15) is 0 Å². The zero-order chi connectivity index (χ0) is 15.2. The van der Waals surface area contributed by atoms with Gasteiger partial charge in [0.15, 0.2) is 0 Å². The lowest BCUT2D eigenvalue weighted by atomic mass is 9.78. The lowest BCUT2D eigenvalue weighted by Gasteiger charge is -2.38. The Morgan fingerprint density at radius 3 is 2.91 bits per heavy atom. The Bertz CT molecular complexity index is 564. The first-order chi connectivity index (χ1) is 10.7. The summed E-state index contributed by atoms with van der Waals surface area (Å²) < 4.78 is 0. The van der Waals surface area contributed by atoms with Crippen LogP contribution in [-0.2, 0) is 12.8 Å². The molecule has 1 aromatic rings. The van der Waals surface area contributed by atoms with Crippen molar-refractivity contribution in [3.63, 3.8) is 0 Å². The molecule has 1 spiro atoms. The molecular weight excluding hydrogens is 292 g/mol. The van der Waals surface area contributed by atoms with Crippen LogP contribution in [0.4, 0.5) is 0 Å². The van der Waals surface area contributed by atoms with Crippen molar-refractivity contribution < 1.29 is 4.79 Å². The van der Waals surface area contributed by atoms with Gasteiger partial charge >= 0.3 is 0 Å². The predicted octanol–water partition coefficient (Wildman–Crippen LogP) is 3.09. The molecule has 120 valence electrons. The molecule has 0 aromatic carbocycles. The van der Waals surface area contributed by atoms with Crippen LogP contribution >= 0.6 is 11.3 Å². The largest absolute Gasteiger partial charge is 0.338 e. The Kier molecular flexibility index (Phi) is 3.77. The number of likely N-dealkylation sites (tertiary alicyclic amines) is 1. The van der Waals surface area contributed by atoms with Gasteiger partial charge in [0, 0.05) is 24.5 Å². The maximum atomic E-state index is 12.8. The molecule has 0 bridgehead atoms. The molecule has 1 N–H and O–H groups in total. The second-order valence-electron chi connectivity index (χ2n) is 7.63. The minimum Gasteiger partial charge on any atom is -0.338 e. The van der Waals surface area contributed by atoms with Gasteiger partial charge in [-0.3, -0.25) is 4.79 Å². The average Bonchev–Trinajstić information content (AvgIpc) is 3.14. The molecule has 22 heavy (non-hydrogen) atoms. The Labute approximate surface area is 137 Å². The zero-order valence-electron chi connectivity index (χ0n) is 13.5. The highest BCUT2D eigenvalue weighted by atomic mass is 32.1. The highest BCUT2D eigenvalue weighted by Gasteiger charge is 2.38. The smallest absolute Gasteiger partial charge is 0.263 e. The van der Waals surface area contributed by atoms with Crippen molar-refractivity contribution in [2.75, 3.05) is 26.2 Å². The van der Waals surface area contributed by atoms with E-state index in [1.165, 1.54) is 42.5 Å². The van der Waals surface area contributed by atoms with Crippen LogP contribution in [-0.4, -0.2) is 37.0 Å². The van der Waals surface area contributed by atoms with E-state index in [1.54, 1.807) is 11.3 Å². The highest BCUT2D eigenvalue weighted by molar-refractivity contribution is 7.14. The van der Waals surface area contributed by atoms with Crippen LogP contribution in [0, 0.1) is 11.3 Å². The van der Waals surface area contributed by atoms with E-state index in [0.717, 1.165) is 43.4 Å². The highest BCUT2D eigenvalue weighted by Crippen LogP contribution is 2.38. The molecule has 3 aliphatic rings. The molecule has 3 heterocycles. The summed E-state index contributed by atoms with van der Waals surface area (Å²) in [6.07, 6.45) is 7.25. The molecule has 3 nitrogen and oxygen atoms in total. The number of hydrogen-bond donors (Lipinski definition) is 1. The van der Waals surface area contributed by atoms with E-state index in [2.05, 4.69) is 23.2 Å². The monoisotopic (exact) mass is 318 g/mol. The summed E-state index contributed by atoms with van der Waals surface area (Å²) in [6, 6.07) is 2.19. The first kappa shape index (κ1) is 14.7. The lowest BCUT2D eigenvalue weighted by Crippen LogP contribution is -2.43. The van der Waals surface area contributed by atoms with Gasteiger partial charge in [-0.05, 0) is 68.0 Å². The first-order valence-electron chi connectivity index (χ1n) is 8.77. The van der Waals surface area contributed by atoms with Crippen molar-refractivity contribution in [2.24, 2.45) is 11.3 Å². The van der Waals surface area contributed by atoms with E-state index in [4.69, 9.17) is 0 Å². The average molecular weight is 318 g/mol. The summed E-state index contributed by atoms with van der Waals surface area (Å²) in [5, 5.41) is 3.49. The van der Waals surface area contributed by atoms with Gasteiger partial charge in [-0.15, -0.1) is 11.3 Å². The summed E-state index contributed by atoms with van der Waals surface area (Å²) in [5.41, 5.74) is 1.93. The van der Waals surface area contributed by atoms with Crippen molar-refractivity contribution in [3.05, 3.63) is 21.4 Å². The van der Waals surface area contributed by atoms with E-state index >= 15 is 0 Å². The number of carbonyl (C=O) groups is 1. The fourth-order valence-electron chi connectivity index (χ4n) is 4.37. The van der Waals surface area contributed by atoms with E-state index < -0.39 is 0 Å². The normalized spacial score (nSPS) is 27.1. The third-order valence-electron chi connectivity index (χ3n) is 5.98. The minimum absolute atomic E-state index is 0.285. The van der Waals surface area contributed by atoms with Gasteiger partial charge in [-0.2, -0.15) is 0 Å². The molecule has 2 saturated heterocycles. The number of thiophene rings is 1. The molecule has 0 radical (unpaired) electrons. The van der Waals surface area contributed by atoms with Crippen molar-refractivity contribution in [1.82, 2.24) is 10.2 Å². The summed E-state index contributed by atoms with van der Waals surface area (Å²) in [5.74, 6) is 1.06. The predicted molar refractivity (Wildman–Crippen MR) is 90.6 cm³/mol. The molecular formula is C18H26N2OS. The Morgan fingerprint density at radius 1 is 1.36 bits per heavy atom. The number of nitrogens with zero attached hydrogens (tertiary/aromatic N) is 1. The van der Waals surface area contributed by atoms with Gasteiger partial charge < -0.3 is 10.2 Å². The molecule has 1 aromatic heterocycles. The zero-order valence-corrected chi connectivity index (χ0v) is 14.3. The topological polar surface area (TPSA) is 32.3 Å². The van der Waals surface area contributed by atoms with E-state index in [0.29, 0.717) is 5.41 Å². The van der Waals surface area contributed by atoms with Crippen molar-refractivity contribution in [1.29, 1.82) is 0 Å². The van der Waals surface area contributed by atoms with E-state index in [-0.39, 0.29) is 5.91 Å². The number of carbonyl (C=O) groups excluding carboxylic acids is 1. The molecule has 1 atom stereocenters. The number of hydrogen-bond acceptors (Lipinski definition) is 3. The third-order valence-corrected chi connectivity index (χ3v) is 7.21. The van der Waals surface area contributed by atoms with Crippen molar-refractivity contribution in [3.8, 4) is 0 Å². The van der Waals surface area contributed by atoms with Gasteiger partial charge in [-0.1, -0.05) is 6.92 Å². The summed E-state index contributed by atoms with van der Waals surface area (Å²) in [6.45, 7) is 6.52. The van der Waals surface area contributed by atoms with E-state index in [9.17, 15) is 4.79 Å². The molecule has 2 fully saturated rings. The second-order valence-corrected chi connectivity index (χ2v) is 8.76. The minimum atomic E-state index is 0.285. The molecule has 2 aliphatic heterocycles. The maximum absolute atomic E-state index is 12.8. The number of fused-ring (bicyclic) bond motifs is 1. The van der Waals surface area contributed by atoms with Gasteiger partial charge in [0.2, 0.25) is 0 Å². The summed E-state index contributed by atoms with van der Waals surface area (Å²) >= 11 is 1.76. The second kappa shape index (κ2) is 5.64. The first-order valence-corrected chi connectivity index (χ1v) is 9.58. The SMILES string of the molecule is CC1CCc2sc(C(=O)N3CCC4(CCNC4)CC3)cc2C1. The molecule has 0 saturated carbocycles. The van der Waals surface area contributed by atoms with Crippen LogP contribution in [0.25, 0.3) is 0 Å². The number of rotatable bonds is 1. The lowest BCUT2D eigenvalue weighted by molar-refractivity contribution is 0.0612. The van der Waals surface area contributed by atoms with Crippen LogP contribution < -0.4 is 5.32 Å². The van der Waals surface area contributed by atoms with E-state index in [1.807, 2.05) is 0 Å². The van der Waals surface area contributed by atoms with Crippen LogP contribution in [0.2, 0.25) is 0 Å². The number of piperidine rings is 1. The van der Waals surface area contributed by atoms with Crippen LogP contribution in [0.15, 0.2) is 6.07 Å². The fourth-order valence-corrected chi connectivity index (χ4v) is 5.55. The summed E-state index contributed by atoms with van der Waals surface area (Å²) in [4.78, 5) is 17.4. The number of nitrogens with one attached hydrogen (secondary N) is 1. The Morgan fingerprint density at radius 2 is 2.18 bits per heavy atom. The Hall–Kier alpha value is -0.870. The Balaban J connectivity index is 1.44. The molecule has 1 aliphatic carbocycles. The standard InChI is InChI=1S/C18H26N2OS/c1-13-2-3-15-14(10-13)11-16(22-15)17(21)20-8-5-18(6-9-20)4-7-19-12-18/h11,13,19H,2-10,12H2,1H3. The quantitative estimate of drug-likeness (QED) is 0.863. The van der Waals surface area contributed by atoms with Crippen molar-refractivity contribution in [2.45, 2.75) is 45.4 Å². The number of amides is 1.